The summed E-state index contributed by atoms with van der Waals surface area (Å²) in [4.78, 5) is 12.2. The first kappa shape index (κ1) is 14.4. The fourth-order valence-corrected chi connectivity index (χ4v) is 2.42. The first-order valence-electron chi connectivity index (χ1n) is 6.40. The maximum absolute atomic E-state index is 12.2. The predicted molar refractivity (Wildman–Crippen MR) is 82.9 cm³/mol. The Morgan fingerprint density at radius 1 is 1.25 bits per heavy atom. The van der Waals surface area contributed by atoms with E-state index in [2.05, 4.69) is 5.32 Å². The van der Waals surface area contributed by atoms with Crippen molar-refractivity contribution in [2.24, 2.45) is 0 Å². The summed E-state index contributed by atoms with van der Waals surface area (Å²) in [6.07, 6.45) is 0. The fourth-order valence-electron chi connectivity index (χ4n) is 2.13. The number of carbonyl (C=O) groups is 1. The number of amides is 1. The van der Waals surface area contributed by atoms with Gasteiger partial charge in [-0.3, -0.25) is 4.79 Å². The molecule has 0 aliphatic rings. The molecule has 0 saturated heterocycles. The topological polar surface area (TPSA) is 55.1 Å². The van der Waals surface area contributed by atoms with Gasteiger partial charge in [0, 0.05) is 16.3 Å². The van der Waals surface area contributed by atoms with Crippen LogP contribution in [0.1, 0.15) is 34.5 Å². The first-order chi connectivity index (χ1) is 9.47. The smallest absolute Gasteiger partial charge is 0.251 e. The Labute approximate surface area is 123 Å². The van der Waals surface area contributed by atoms with Gasteiger partial charge in [0.2, 0.25) is 0 Å². The Balaban J connectivity index is 2.17. The number of nitrogens with two attached hydrogens (primary N) is 1. The van der Waals surface area contributed by atoms with Crippen LogP contribution in [0, 0.1) is 6.92 Å². The van der Waals surface area contributed by atoms with Gasteiger partial charge in [0.25, 0.3) is 5.91 Å². The molecule has 0 fully saturated rings. The van der Waals surface area contributed by atoms with Crippen LogP contribution in [0.25, 0.3) is 0 Å². The fraction of sp³-hybridized carbons (Fsp3) is 0.188. The van der Waals surface area contributed by atoms with Crippen molar-refractivity contribution in [1.82, 2.24) is 5.32 Å². The Hall–Kier alpha value is -2.00. The quantitative estimate of drug-likeness (QED) is 0.846. The van der Waals surface area contributed by atoms with Gasteiger partial charge in [0.05, 0.1) is 6.04 Å². The van der Waals surface area contributed by atoms with E-state index in [4.69, 9.17) is 17.3 Å². The van der Waals surface area contributed by atoms with E-state index >= 15 is 0 Å². The Bertz CT molecular complexity index is 620. The van der Waals surface area contributed by atoms with Crippen molar-refractivity contribution in [1.29, 1.82) is 0 Å². The lowest BCUT2D eigenvalue weighted by Crippen LogP contribution is -2.27. The minimum atomic E-state index is -0.164. The molecular weight excluding hydrogens is 272 g/mol. The molecule has 0 spiro atoms. The maximum Gasteiger partial charge on any atom is 0.251 e. The summed E-state index contributed by atoms with van der Waals surface area (Å²) in [5.74, 6) is -0.161. The molecule has 20 heavy (non-hydrogen) atoms. The van der Waals surface area contributed by atoms with E-state index in [0.717, 1.165) is 11.1 Å². The molecule has 0 aliphatic carbocycles. The number of nitrogens with one attached hydrogen (secondary N) is 1. The van der Waals surface area contributed by atoms with Gasteiger partial charge in [0.1, 0.15) is 0 Å². The van der Waals surface area contributed by atoms with Crippen molar-refractivity contribution >= 4 is 23.2 Å². The molecule has 0 heterocycles. The van der Waals surface area contributed by atoms with Crippen LogP contribution in [0.3, 0.4) is 0 Å². The Morgan fingerprint density at radius 2 is 1.95 bits per heavy atom. The van der Waals surface area contributed by atoms with E-state index in [1.165, 1.54) is 0 Å². The summed E-state index contributed by atoms with van der Waals surface area (Å²) < 4.78 is 0. The standard InChI is InChI=1S/C16H17ClN2O/c1-10-7-12(9-13(17)8-10)16(20)19-11(2)14-5-3-4-6-15(14)18/h3-9,11H,18H2,1-2H3,(H,19,20). The van der Waals surface area contributed by atoms with Gasteiger partial charge in [-0.25, -0.2) is 0 Å². The normalized spacial score (nSPS) is 11.9. The van der Waals surface area contributed by atoms with Crippen LogP contribution >= 0.6 is 11.6 Å². The number of rotatable bonds is 3. The third-order valence-corrected chi connectivity index (χ3v) is 3.33. The number of anilines is 1. The first-order valence-corrected chi connectivity index (χ1v) is 6.77. The molecule has 0 saturated carbocycles. The van der Waals surface area contributed by atoms with Gasteiger partial charge in [-0.2, -0.15) is 0 Å². The van der Waals surface area contributed by atoms with Crippen molar-refractivity contribution < 1.29 is 4.79 Å². The van der Waals surface area contributed by atoms with Crippen molar-refractivity contribution in [2.45, 2.75) is 19.9 Å². The second-order valence-electron chi connectivity index (χ2n) is 4.84. The average molecular weight is 289 g/mol. The highest BCUT2D eigenvalue weighted by atomic mass is 35.5. The lowest BCUT2D eigenvalue weighted by Gasteiger charge is -2.16. The minimum absolute atomic E-state index is 0.161. The van der Waals surface area contributed by atoms with E-state index < -0.39 is 0 Å². The molecule has 104 valence electrons. The number of carbonyl (C=O) groups excluding carboxylic acids is 1. The van der Waals surface area contributed by atoms with Crippen LogP contribution in [0.4, 0.5) is 5.69 Å². The largest absolute Gasteiger partial charge is 0.398 e. The molecule has 3 N–H and O–H groups in total. The molecule has 0 bridgehead atoms. The van der Waals surface area contributed by atoms with Gasteiger partial charge >= 0.3 is 0 Å². The Morgan fingerprint density at radius 3 is 2.60 bits per heavy atom. The van der Waals surface area contributed by atoms with Gasteiger partial charge in [0.15, 0.2) is 0 Å². The molecule has 1 atom stereocenters. The second-order valence-corrected chi connectivity index (χ2v) is 5.28. The molecule has 1 amide bonds. The zero-order valence-corrected chi connectivity index (χ0v) is 12.2. The summed E-state index contributed by atoms with van der Waals surface area (Å²) in [6.45, 7) is 3.81. The Kier molecular flexibility index (Phi) is 4.30. The predicted octanol–water partition coefficient (Wildman–Crippen LogP) is 3.72. The van der Waals surface area contributed by atoms with Crippen LogP contribution in [0.15, 0.2) is 42.5 Å². The van der Waals surface area contributed by atoms with Crippen LogP contribution in [0.5, 0.6) is 0 Å². The van der Waals surface area contributed by atoms with E-state index in [1.54, 1.807) is 6.07 Å². The molecule has 0 aromatic heterocycles. The highest BCUT2D eigenvalue weighted by molar-refractivity contribution is 6.31. The van der Waals surface area contributed by atoms with Crippen LogP contribution < -0.4 is 11.1 Å². The van der Waals surface area contributed by atoms with Crippen molar-refractivity contribution in [2.75, 3.05) is 5.73 Å². The summed E-state index contributed by atoms with van der Waals surface area (Å²) in [5, 5.41) is 3.49. The molecule has 0 aliphatic heterocycles. The number of hydrogen-bond acceptors (Lipinski definition) is 2. The minimum Gasteiger partial charge on any atom is -0.398 e. The van der Waals surface area contributed by atoms with E-state index in [-0.39, 0.29) is 11.9 Å². The van der Waals surface area contributed by atoms with E-state index in [9.17, 15) is 4.79 Å². The number of para-hydroxylation sites is 1. The van der Waals surface area contributed by atoms with Crippen molar-refractivity contribution in [3.63, 3.8) is 0 Å². The average Bonchev–Trinajstić information content (AvgIpc) is 2.37. The van der Waals surface area contributed by atoms with Crippen LogP contribution in [0.2, 0.25) is 5.02 Å². The van der Waals surface area contributed by atoms with Gasteiger partial charge in [-0.1, -0.05) is 29.8 Å². The van der Waals surface area contributed by atoms with Crippen LogP contribution in [-0.4, -0.2) is 5.91 Å². The van der Waals surface area contributed by atoms with E-state index in [0.29, 0.717) is 16.3 Å². The molecule has 3 nitrogen and oxygen atoms in total. The zero-order valence-electron chi connectivity index (χ0n) is 11.5. The van der Waals surface area contributed by atoms with Gasteiger partial charge in [-0.05, 0) is 49.2 Å². The maximum atomic E-state index is 12.2. The summed E-state index contributed by atoms with van der Waals surface area (Å²) in [7, 11) is 0. The number of hydrogen-bond donors (Lipinski definition) is 2. The molecule has 2 aromatic carbocycles. The van der Waals surface area contributed by atoms with Crippen molar-refractivity contribution in [3.8, 4) is 0 Å². The van der Waals surface area contributed by atoms with Gasteiger partial charge < -0.3 is 11.1 Å². The molecule has 4 heteroatoms. The van der Waals surface area contributed by atoms with Crippen LogP contribution in [-0.2, 0) is 0 Å². The number of benzene rings is 2. The summed E-state index contributed by atoms with van der Waals surface area (Å²) in [6, 6.07) is 12.6. The highest BCUT2D eigenvalue weighted by Crippen LogP contribution is 2.20. The summed E-state index contributed by atoms with van der Waals surface area (Å²) in [5.41, 5.74) is 8.99. The lowest BCUT2D eigenvalue weighted by molar-refractivity contribution is 0.0940. The second kappa shape index (κ2) is 5.97. The SMILES string of the molecule is Cc1cc(Cl)cc(C(=O)NC(C)c2ccccc2N)c1. The molecular formula is C16H17ClN2O. The third kappa shape index (κ3) is 3.31. The number of aryl methyl sites for hydroxylation is 1. The van der Waals surface area contributed by atoms with Crippen molar-refractivity contribution in [3.05, 3.63) is 64.2 Å². The number of halogens is 1. The van der Waals surface area contributed by atoms with Gasteiger partial charge in [-0.15, -0.1) is 0 Å². The third-order valence-electron chi connectivity index (χ3n) is 3.11. The highest BCUT2D eigenvalue weighted by Gasteiger charge is 2.13. The lowest BCUT2D eigenvalue weighted by atomic mass is 10.1. The molecule has 1 unspecified atom stereocenters. The zero-order chi connectivity index (χ0) is 14.7. The van der Waals surface area contributed by atoms with E-state index in [1.807, 2.05) is 50.2 Å². The molecule has 2 aromatic rings. The monoisotopic (exact) mass is 288 g/mol. The summed E-state index contributed by atoms with van der Waals surface area (Å²) >= 11 is 5.97. The number of nitrogen functional groups attached to an aromatic ring is 1. The molecule has 2 rings (SSSR count). The molecule has 0 radical (unpaired) electrons.